The number of amides is 1. The van der Waals surface area contributed by atoms with Gasteiger partial charge in [0.1, 0.15) is 0 Å². The van der Waals surface area contributed by atoms with E-state index in [0.29, 0.717) is 17.8 Å². The van der Waals surface area contributed by atoms with Crippen LogP contribution in [0.5, 0.6) is 0 Å². The van der Waals surface area contributed by atoms with E-state index in [0.717, 1.165) is 44.8 Å². The van der Waals surface area contributed by atoms with E-state index in [4.69, 9.17) is 10.5 Å². The molecule has 0 aromatic heterocycles. The van der Waals surface area contributed by atoms with Crippen LogP contribution in [0.2, 0.25) is 0 Å². The second-order valence-electron chi connectivity index (χ2n) is 5.13. The number of anilines is 1. The van der Waals surface area contributed by atoms with E-state index in [9.17, 15) is 4.79 Å². The first kappa shape index (κ1) is 14.8. The van der Waals surface area contributed by atoms with Crippen LogP contribution in [0, 0.1) is 6.92 Å². The van der Waals surface area contributed by atoms with E-state index in [1.54, 1.807) is 6.07 Å². The van der Waals surface area contributed by atoms with Gasteiger partial charge in [-0.3, -0.25) is 9.69 Å². The van der Waals surface area contributed by atoms with Gasteiger partial charge in [0.2, 0.25) is 0 Å². The summed E-state index contributed by atoms with van der Waals surface area (Å²) in [6.07, 6.45) is 0.951. The molecule has 1 heterocycles. The quantitative estimate of drug-likeness (QED) is 0.623. The van der Waals surface area contributed by atoms with Crippen molar-refractivity contribution in [2.45, 2.75) is 13.3 Å². The summed E-state index contributed by atoms with van der Waals surface area (Å²) in [4.78, 5) is 14.3. The molecule has 0 saturated carbocycles. The Morgan fingerprint density at radius 1 is 1.40 bits per heavy atom. The molecule has 0 radical (unpaired) electrons. The Bertz CT molecular complexity index is 456. The van der Waals surface area contributed by atoms with Gasteiger partial charge in [0.15, 0.2) is 0 Å². The molecule has 1 aromatic carbocycles. The third-order valence-corrected chi connectivity index (χ3v) is 3.58. The number of hydrogen-bond acceptors (Lipinski definition) is 4. The zero-order chi connectivity index (χ0) is 14.4. The average molecular weight is 277 g/mol. The lowest BCUT2D eigenvalue weighted by molar-refractivity contribution is 0.0374. The molecule has 5 nitrogen and oxygen atoms in total. The van der Waals surface area contributed by atoms with Crippen LogP contribution in [0.1, 0.15) is 22.3 Å². The highest BCUT2D eigenvalue weighted by Crippen LogP contribution is 2.12. The summed E-state index contributed by atoms with van der Waals surface area (Å²) in [7, 11) is 0. The summed E-state index contributed by atoms with van der Waals surface area (Å²) in [6.45, 7) is 7.22. The molecule has 3 N–H and O–H groups in total. The number of benzene rings is 1. The highest BCUT2D eigenvalue weighted by molar-refractivity contribution is 5.95. The molecule has 0 spiro atoms. The number of nitrogens with zero attached hydrogens (tertiary/aromatic N) is 1. The number of hydrogen-bond donors (Lipinski definition) is 2. The Hall–Kier alpha value is -1.59. The van der Waals surface area contributed by atoms with Gasteiger partial charge in [0, 0.05) is 30.9 Å². The first-order valence-electron chi connectivity index (χ1n) is 7.11. The molecule has 5 heteroatoms. The van der Waals surface area contributed by atoms with E-state index >= 15 is 0 Å². The summed E-state index contributed by atoms with van der Waals surface area (Å²) in [5, 5.41) is 2.93. The lowest BCUT2D eigenvalue weighted by Gasteiger charge is -2.26. The number of rotatable bonds is 5. The normalized spacial score (nSPS) is 16.1. The molecule has 1 aliphatic rings. The standard InChI is InChI=1S/C15H23N3O2/c1-12-3-4-13(11-14(12)16)15(19)17-5-2-6-18-7-9-20-10-8-18/h3-4,11H,2,5-10,16H2,1H3,(H,17,19). The highest BCUT2D eigenvalue weighted by atomic mass is 16.5. The van der Waals surface area contributed by atoms with Crippen LogP contribution in [0.4, 0.5) is 5.69 Å². The molecule has 1 amide bonds. The third-order valence-electron chi connectivity index (χ3n) is 3.58. The number of morpholine rings is 1. The van der Waals surface area contributed by atoms with Crippen LogP contribution >= 0.6 is 0 Å². The van der Waals surface area contributed by atoms with Gasteiger partial charge in [-0.2, -0.15) is 0 Å². The number of aryl methyl sites for hydroxylation is 1. The van der Waals surface area contributed by atoms with Crippen LogP contribution in [-0.4, -0.2) is 50.2 Å². The van der Waals surface area contributed by atoms with Gasteiger partial charge >= 0.3 is 0 Å². The summed E-state index contributed by atoms with van der Waals surface area (Å²) in [5.41, 5.74) is 8.09. The Balaban J connectivity index is 1.70. The zero-order valence-corrected chi connectivity index (χ0v) is 12.0. The van der Waals surface area contributed by atoms with Crippen molar-refractivity contribution in [3.05, 3.63) is 29.3 Å². The molecular weight excluding hydrogens is 254 g/mol. The summed E-state index contributed by atoms with van der Waals surface area (Å²) in [5.74, 6) is -0.0568. The second-order valence-corrected chi connectivity index (χ2v) is 5.13. The van der Waals surface area contributed by atoms with Crippen LogP contribution in [0.15, 0.2) is 18.2 Å². The SMILES string of the molecule is Cc1ccc(C(=O)NCCCN2CCOCC2)cc1N. The molecule has 1 fully saturated rings. The lowest BCUT2D eigenvalue weighted by atomic mass is 10.1. The maximum Gasteiger partial charge on any atom is 0.251 e. The first-order valence-corrected chi connectivity index (χ1v) is 7.11. The van der Waals surface area contributed by atoms with Gasteiger partial charge in [-0.1, -0.05) is 6.07 Å². The third kappa shape index (κ3) is 4.21. The molecule has 20 heavy (non-hydrogen) atoms. The molecule has 0 bridgehead atoms. The molecular formula is C15H23N3O2. The Kier molecular flexibility index (Phi) is 5.38. The number of carbonyl (C=O) groups excluding carboxylic acids is 1. The van der Waals surface area contributed by atoms with Gasteiger partial charge in [-0.15, -0.1) is 0 Å². The van der Waals surface area contributed by atoms with Crippen molar-refractivity contribution in [2.75, 3.05) is 45.1 Å². The van der Waals surface area contributed by atoms with Crippen LogP contribution in [0.3, 0.4) is 0 Å². The molecule has 1 aliphatic heterocycles. The van der Waals surface area contributed by atoms with E-state index < -0.39 is 0 Å². The van der Waals surface area contributed by atoms with E-state index in [-0.39, 0.29) is 5.91 Å². The minimum absolute atomic E-state index is 0.0568. The van der Waals surface area contributed by atoms with E-state index in [2.05, 4.69) is 10.2 Å². The Morgan fingerprint density at radius 3 is 2.85 bits per heavy atom. The van der Waals surface area contributed by atoms with Crippen molar-refractivity contribution in [3.8, 4) is 0 Å². The monoisotopic (exact) mass is 277 g/mol. The molecule has 0 atom stereocenters. The number of carbonyl (C=O) groups is 1. The lowest BCUT2D eigenvalue weighted by Crippen LogP contribution is -2.38. The fourth-order valence-electron chi connectivity index (χ4n) is 2.21. The Morgan fingerprint density at radius 2 is 2.15 bits per heavy atom. The van der Waals surface area contributed by atoms with Crippen molar-refractivity contribution in [1.29, 1.82) is 0 Å². The minimum Gasteiger partial charge on any atom is -0.398 e. The predicted molar refractivity (Wildman–Crippen MR) is 79.8 cm³/mol. The van der Waals surface area contributed by atoms with Crippen LogP contribution < -0.4 is 11.1 Å². The first-order chi connectivity index (χ1) is 9.66. The maximum atomic E-state index is 12.0. The highest BCUT2D eigenvalue weighted by Gasteiger charge is 2.10. The average Bonchev–Trinajstić information content (AvgIpc) is 2.47. The molecule has 1 saturated heterocycles. The van der Waals surface area contributed by atoms with Crippen LogP contribution in [0.25, 0.3) is 0 Å². The number of ether oxygens (including phenoxy) is 1. The number of nitrogen functional groups attached to an aromatic ring is 1. The van der Waals surface area contributed by atoms with Crippen LogP contribution in [-0.2, 0) is 4.74 Å². The fraction of sp³-hybridized carbons (Fsp3) is 0.533. The Labute approximate surface area is 120 Å². The minimum atomic E-state index is -0.0568. The van der Waals surface area contributed by atoms with Gasteiger partial charge < -0.3 is 15.8 Å². The number of nitrogens with two attached hydrogens (primary N) is 1. The summed E-state index contributed by atoms with van der Waals surface area (Å²) >= 11 is 0. The summed E-state index contributed by atoms with van der Waals surface area (Å²) < 4.78 is 5.30. The van der Waals surface area contributed by atoms with Gasteiger partial charge in [-0.25, -0.2) is 0 Å². The van der Waals surface area contributed by atoms with Crippen molar-refractivity contribution in [3.63, 3.8) is 0 Å². The molecule has 0 unspecified atom stereocenters. The van der Waals surface area contributed by atoms with E-state index in [1.807, 2.05) is 19.1 Å². The van der Waals surface area contributed by atoms with Crippen molar-refractivity contribution in [1.82, 2.24) is 10.2 Å². The van der Waals surface area contributed by atoms with Crippen molar-refractivity contribution >= 4 is 11.6 Å². The van der Waals surface area contributed by atoms with Crippen molar-refractivity contribution in [2.24, 2.45) is 0 Å². The molecule has 2 rings (SSSR count). The van der Waals surface area contributed by atoms with Gasteiger partial charge in [0.25, 0.3) is 5.91 Å². The predicted octanol–water partition coefficient (Wildman–Crippen LogP) is 1.03. The molecule has 1 aromatic rings. The fourth-order valence-corrected chi connectivity index (χ4v) is 2.21. The maximum absolute atomic E-state index is 12.0. The summed E-state index contributed by atoms with van der Waals surface area (Å²) in [6, 6.07) is 5.41. The number of nitrogens with one attached hydrogen (secondary N) is 1. The zero-order valence-electron chi connectivity index (χ0n) is 12.0. The largest absolute Gasteiger partial charge is 0.398 e. The molecule has 110 valence electrons. The molecule has 0 aliphatic carbocycles. The van der Waals surface area contributed by atoms with Gasteiger partial charge in [0.05, 0.1) is 13.2 Å². The van der Waals surface area contributed by atoms with E-state index in [1.165, 1.54) is 0 Å². The van der Waals surface area contributed by atoms with Crippen molar-refractivity contribution < 1.29 is 9.53 Å². The second kappa shape index (κ2) is 7.26. The topological polar surface area (TPSA) is 67.6 Å². The van der Waals surface area contributed by atoms with Gasteiger partial charge in [-0.05, 0) is 37.6 Å². The smallest absolute Gasteiger partial charge is 0.251 e.